The molecule has 0 radical (unpaired) electrons. The van der Waals surface area contributed by atoms with Gasteiger partial charge in [-0.15, -0.1) is 0 Å². The Hall–Kier alpha value is -3.67. The third kappa shape index (κ3) is 4.70. The highest BCUT2D eigenvalue weighted by molar-refractivity contribution is 6.15. The number of carbonyl (C=O) groups is 3. The second-order valence-electron chi connectivity index (χ2n) is 5.78. The zero-order valence-corrected chi connectivity index (χ0v) is 14.5. The number of carbonyl (C=O) groups excluding carboxylic acids is 3. The summed E-state index contributed by atoms with van der Waals surface area (Å²) in [5, 5.41) is 5.18. The third-order valence-electron chi connectivity index (χ3n) is 3.90. The van der Waals surface area contributed by atoms with Gasteiger partial charge in [0.25, 0.3) is 5.91 Å². The number of hydrogen-bond acceptors (Lipinski definition) is 4. The lowest BCUT2D eigenvalue weighted by Gasteiger charge is -2.10. The lowest BCUT2D eigenvalue weighted by Crippen LogP contribution is -2.37. The van der Waals surface area contributed by atoms with Crippen LogP contribution in [0.25, 0.3) is 0 Å². The summed E-state index contributed by atoms with van der Waals surface area (Å²) in [6.45, 7) is 0.0399. The minimum absolute atomic E-state index is 0.201. The van der Waals surface area contributed by atoms with Crippen molar-refractivity contribution in [2.45, 2.75) is 6.54 Å². The first-order chi connectivity index (χ1) is 13.1. The van der Waals surface area contributed by atoms with E-state index in [-0.39, 0.29) is 35.9 Å². The fourth-order valence-electron chi connectivity index (χ4n) is 2.54. The quantitative estimate of drug-likeness (QED) is 0.632. The van der Waals surface area contributed by atoms with E-state index >= 15 is 0 Å². The normalized spacial score (nSPS) is 10.2. The molecule has 27 heavy (non-hydrogen) atoms. The molecule has 0 aliphatic rings. The van der Waals surface area contributed by atoms with Crippen molar-refractivity contribution in [2.75, 3.05) is 6.54 Å². The molecule has 136 valence electrons. The Morgan fingerprint density at radius 2 is 1.48 bits per heavy atom. The number of amides is 2. The number of hydrogen-bond donors (Lipinski definition) is 2. The SMILES string of the molecule is O=C(CNC(=O)c1ccccc1C(=O)c1ccccc1)NCc1ccco1. The van der Waals surface area contributed by atoms with Crippen LogP contribution in [0, 0.1) is 0 Å². The van der Waals surface area contributed by atoms with Gasteiger partial charge in [0, 0.05) is 11.1 Å². The largest absolute Gasteiger partial charge is 0.467 e. The van der Waals surface area contributed by atoms with Crippen LogP contribution in [0.2, 0.25) is 0 Å². The smallest absolute Gasteiger partial charge is 0.252 e. The lowest BCUT2D eigenvalue weighted by molar-refractivity contribution is -0.120. The highest BCUT2D eigenvalue weighted by Crippen LogP contribution is 2.14. The molecule has 0 saturated carbocycles. The molecule has 2 amide bonds. The molecule has 0 atom stereocenters. The Morgan fingerprint density at radius 3 is 2.19 bits per heavy atom. The minimum atomic E-state index is -0.483. The van der Waals surface area contributed by atoms with E-state index in [1.54, 1.807) is 60.7 Å². The van der Waals surface area contributed by atoms with Crippen LogP contribution in [-0.2, 0) is 11.3 Å². The van der Waals surface area contributed by atoms with Gasteiger partial charge in [-0.1, -0.05) is 48.5 Å². The molecule has 0 saturated heterocycles. The van der Waals surface area contributed by atoms with Gasteiger partial charge in [0.1, 0.15) is 5.76 Å². The molecule has 1 aromatic heterocycles. The zero-order valence-electron chi connectivity index (χ0n) is 14.5. The number of nitrogens with one attached hydrogen (secondary N) is 2. The Bertz CT molecular complexity index is 934. The second kappa shape index (κ2) is 8.62. The predicted octanol–water partition coefficient (Wildman–Crippen LogP) is 2.56. The molecule has 0 aliphatic carbocycles. The van der Waals surface area contributed by atoms with E-state index in [9.17, 15) is 14.4 Å². The molecular weight excluding hydrogens is 344 g/mol. The molecule has 6 nitrogen and oxygen atoms in total. The van der Waals surface area contributed by atoms with Crippen LogP contribution >= 0.6 is 0 Å². The summed E-state index contributed by atoms with van der Waals surface area (Å²) in [4.78, 5) is 37.0. The minimum Gasteiger partial charge on any atom is -0.467 e. The van der Waals surface area contributed by atoms with Crippen LogP contribution in [0.5, 0.6) is 0 Å². The van der Waals surface area contributed by atoms with E-state index in [0.717, 1.165) is 0 Å². The monoisotopic (exact) mass is 362 g/mol. The van der Waals surface area contributed by atoms with Crippen LogP contribution in [0.3, 0.4) is 0 Å². The van der Waals surface area contributed by atoms with E-state index in [1.807, 2.05) is 6.07 Å². The van der Waals surface area contributed by atoms with Crippen LogP contribution in [0.4, 0.5) is 0 Å². The van der Waals surface area contributed by atoms with Crippen molar-refractivity contribution in [2.24, 2.45) is 0 Å². The average Bonchev–Trinajstić information content (AvgIpc) is 3.24. The molecule has 2 aromatic carbocycles. The maximum Gasteiger partial charge on any atom is 0.252 e. The highest BCUT2D eigenvalue weighted by Gasteiger charge is 2.18. The van der Waals surface area contributed by atoms with E-state index in [4.69, 9.17) is 4.42 Å². The van der Waals surface area contributed by atoms with Crippen LogP contribution in [-0.4, -0.2) is 24.1 Å². The first-order valence-corrected chi connectivity index (χ1v) is 8.41. The van der Waals surface area contributed by atoms with Crippen molar-refractivity contribution in [1.82, 2.24) is 10.6 Å². The van der Waals surface area contributed by atoms with Gasteiger partial charge in [-0.25, -0.2) is 0 Å². The van der Waals surface area contributed by atoms with Gasteiger partial charge < -0.3 is 15.1 Å². The fraction of sp³-hybridized carbons (Fsp3) is 0.0952. The molecule has 2 N–H and O–H groups in total. The van der Waals surface area contributed by atoms with Crippen molar-refractivity contribution >= 4 is 17.6 Å². The summed E-state index contributed by atoms with van der Waals surface area (Å²) in [5.74, 6) is -0.466. The standard InChI is InChI=1S/C21H18N2O4/c24-19(22-13-16-9-6-12-27-16)14-23-21(26)18-11-5-4-10-17(18)20(25)15-7-2-1-3-8-15/h1-12H,13-14H2,(H,22,24)(H,23,26). The van der Waals surface area contributed by atoms with Crippen molar-refractivity contribution in [3.8, 4) is 0 Å². The van der Waals surface area contributed by atoms with E-state index in [2.05, 4.69) is 10.6 Å². The summed E-state index contributed by atoms with van der Waals surface area (Å²) >= 11 is 0. The van der Waals surface area contributed by atoms with Crippen molar-refractivity contribution in [1.29, 1.82) is 0 Å². The first-order valence-electron chi connectivity index (χ1n) is 8.41. The summed E-state index contributed by atoms with van der Waals surface area (Å²) in [5.41, 5.74) is 1.01. The van der Waals surface area contributed by atoms with Crippen LogP contribution in [0.1, 0.15) is 32.0 Å². The Kier molecular flexibility index (Phi) is 5.79. The number of furan rings is 1. The second-order valence-corrected chi connectivity index (χ2v) is 5.78. The van der Waals surface area contributed by atoms with Gasteiger partial charge in [-0.3, -0.25) is 14.4 Å². The molecule has 6 heteroatoms. The summed E-state index contributed by atoms with van der Waals surface area (Å²) in [6.07, 6.45) is 1.52. The topological polar surface area (TPSA) is 88.4 Å². The van der Waals surface area contributed by atoms with Crippen LogP contribution in [0.15, 0.2) is 77.4 Å². The van der Waals surface area contributed by atoms with Gasteiger partial charge in [0.05, 0.1) is 24.9 Å². The zero-order chi connectivity index (χ0) is 19.1. The van der Waals surface area contributed by atoms with E-state index in [1.165, 1.54) is 6.26 Å². The van der Waals surface area contributed by atoms with Gasteiger partial charge >= 0.3 is 0 Å². The number of ketones is 1. The van der Waals surface area contributed by atoms with Gasteiger partial charge in [0.2, 0.25) is 5.91 Å². The Labute approximate surface area is 156 Å². The van der Waals surface area contributed by atoms with Crippen molar-refractivity contribution in [3.63, 3.8) is 0 Å². The fourth-order valence-corrected chi connectivity index (χ4v) is 2.54. The molecule has 3 aromatic rings. The van der Waals surface area contributed by atoms with Gasteiger partial charge in [-0.2, -0.15) is 0 Å². The van der Waals surface area contributed by atoms with Crippen LogP contribution < -0.4 is 10.6 Å². The summed E-state index contributed by atoms with van der Waals surface area (Å²) < 4.78 is 5.12. The average molecular weight is 362 g/mol. The van der Waals surface area contributed by atoms with E-state index < -0.39 is 5.91 Å². The lowest BCUT2D eigenvalue weighted by atomic mass is 9.98. The molecule has 3 rings (SSSR count). The number of rotatable bonds is 7. The molecule has 0 fully saturated rings. The maximum absolute atomic E-state index is 12.7. The molecular formula is C21H18N2O4. The Balaban J connectivity index is 1.63. The van der Waals surface area contributed by atoms with Crippen molar-refractivity contribution in [3.05, 3.63) is 95.4 Å². The predicted molar refractivity (Wildman–Crippen MR) is 99.2 cm³/mol. The Morgan fingerprint density at radius 1 is 0.778 bits per heavy atom. The molecule has 0 aliphatic heterocycles. The molecule has 0 unspecified atom stereocenters. The van der Waals surface area contributed by atoms with Gasteiger partial charge in [0.15, 0.2) is 5.78 Å². The first kappa shape index (κ1) is 18.1. The third-order valence-corrected chi connectivity index (χ3v) is 3.90. The van der Waals surface area contributed by atoms with Crippen molar-refractivity contribution < 1.29 is 18.8 Å². The maximum atomic E-state index is 12.7. The highest BCUT2D eigenvalue weighted by atomic mass is 16.3. The summed E-state index contributed by atoms with van der Waals surface area (Å²) in [6, 6.07) is 18.7. The van der Waals surface area contributed by atoms with E-state index in [0.29, 0.717) is 11.3 Å². The summed E-state index contributed by atoms with van der Waals surface area (Å²) in [7, 11) is 0. The molecule has 0 spiro atoms. The van der Waals surface area contributed by atoms with Gasteiger partial charge in [-0.05, 0) is 18.2 Å². The number of benzene rings is 2. The molecule has 0 bridgehead atoms. The molecule has 1 heterocycles.